The number of nitrogens with two attached hydrogens (primary N) is 1. The zero-order chi connectivity index (χ0) is 22.5. The Morgan fingerprint density at radius 3 is 2.31 bits per heavy atom. The smallest absolute Gasteiger partial charge is 0.199 e. The van der Waals surface area contributed by atoms with Crippen LogP contribution in [0.3, 0.4) is 0 Å². The van der Waals surface area contributed by atoms with Gasteiger partial charge in [-0.1, -0.05) is 42.5 Å². The van der Waals surface area contributed by atoms with Crippen LogP contribution in [0.15, 0.2) is 71.7 Å². The molecule has 0 spiro atoms. The van der Waals surface area contributed by atoms with Crippen LogP contribution in [0.5, 0.6) is 17.4 Å². The van der Waals surface area contributed by atoms with E-state index < -0.39 is 0 Å². The minimum Gasteiger partial charge on any atom is -0.494 e. The molecule has 32 heavy (non-hydrogen) atoms. The summed E-state index contributed by atoms with van der Waals surface area (Å²) in [5.41, 5.74) is 10.5. The number of nitrogens with one attached hydrogen (secondary N) is 1. The molecule has 0 saturated heterocycles. The molecule has 0 aliphatic heterocycles. The summed E-state index contributed by atoms with van der Waals surface area (Å²) in [6.07, 6.45) is 1.89. The summed E-state index contributed by atoms with van der Waals surface area (Å²) in [5, 5.41) is 11.7. The molecule has 6 heteroatoms. The summed E-state index contributed by atoms with van der Waals surface area (Å²) in [4.78, 5) is 7.99. The number of benzene rings is 3. The van der Waals surface area contributed by atoms with Gasteiger partial charge in [-0.3, -0.25) is 0 Å². The van der Waals surface area contributed by atoms with Gasteiger partial charge in [-0.05, 0) is 43.1 Å². The van der Waals surface area contributed by atoms with E-state index in [9.17, 15) is 5.11 Å². The fourth-order valence-corrected chi connectivity index (χ4v) is 3.78. The highest BCUT2D eigenvalue weighted by Crippen LogP contribution is 2.38. The van der Waals surface area contributed by atoms with E-state index in [0.717, 1.165) is 35.0 Å². The average molecular weight is 430 g/mol. The number of aromatic amines is 1. The van der Waals surface area contributed by atoms with Gasteiger partial charge < -0.3 is 25.3 Å². The molecule has 6 nitrogen and oxygen atoms in total. The van der Waals surface area contributed by atoms with Crippen molar-refractivity contribution in [1.82, 2.24) is 4.98 Å². The lowest BCUT2D eigenvalue weighted by molar-refractivity contribution is 0.356. The molecule has 0 bridgehead atoms. The first-order valence-corrected chi connectivity index (χ1v) is 10.5. The molecule has 0 radical (unpaired) electrons. The molecule has 0 saturated carbocycles. The average Bonchev–Trinajstić information content (AvgIpc) is 3.15. The molecule has 0 aliphatic carbocycles. The van der Waals surface area contributed by atoms with Crippen molar-refractivity contribution in [3.05, 3.63) is 83.4 Å². The normalized spacial score (nSPS) is 11.7. The third-order valence-electron chi connectivity index (χ3n) is 5.41. The number of aliphatic imine (C=N–C) groups is 1. The van der Waals surface area contributed by atoms with E-state index in [1.54, 1.807) is 14.2 Å². The first-order valence-electron chi connectivity index (χ1n) is 10.5. The number of aryl methyl sites for hydroxylation is 1. The predicted molar refractivity (Wildman–Crippen MR) is 129 cm³/mol. The van der Waals surface area contributed by atoms with Crippen molar-refractivity contribution < 1.29 is 14.6 Å². The lowest BCUT2D eigenvalue weighted by atomic mass is 10.0. The number of hydrogen-bond donors (Lipinski definition) is 3. The maximum atomic E-state index is 10.9. The Bertz CT molecular complexity index is 1230. The minimum atomic E-state index is 0.0393. The van der Waals surface area contributed by atoms with Gasteiger partial charge in [-0.25, -0.2) is 4.99 Å². The summed E-state index contributed by atoms with van der Waals surface area (Å²) < 4.78 is 10.9. The number of aromatic hydroxyl groups is 1. The van der Waals surface area contributed by atoms with Crippen LogP contribution in [0.1, 0.15) is 23.1 Å². The van der Waals surface area contributed by atoms with E-state index in [1.807, 2.05) is 54.6 Å². The molecule has 4 rings (SSSR count). The van der Waals surface area contributed by atoms with E-state index in [2.05, 4.69) is 17.1 Å². The maximum Gasteiger partial charge on any atom is 0.199 e. The Morgan fingerprint density at radius 2 is 1.66 bits per heavy atom. The standard InChI is InChI=1S/C26H27N3O3/c1-31-22-15-20-21(16-23(22)32-2)29-26(30)24(20)25(18-8-4-3-5-9-18)28-19-12-10-17(11-13-19)7-6-14-27/h3-5,8-13,15-16,29-30H,6-7,14,27H2,1-2H3. The van der Waals surface area contributed by atoms with Crippen LogP contribution in [0.25, 0.3) is 10.9 Å². The second kappa shape index (κ2) is 9.58. The SMILES string of the molecule is COc1cc2[nH]c(O)c(C(=Nc3ccc(CCCN)cc3)c3ccccc3)c2cc1OC. The monoisotopic (exact) mass is 429 g/mol. The highest BCUT2D eigenvalue weighted by atomic mass is 16.5. The number of ether oxygens (including phenoxy) is 2. The van der Waals surface area contributed by atoms with Gasteiger partial charge in [0.25, 0.3) is 0 Å². The zero-order valence-electron chi connectivity index (χ0n) is 18.3. The lowest BCUT2D eigenvalue weighted by Crippen LogP contribution is -2.03. The van der Waals surface area contributed by atoms with Crippen molar-refractivity contribution in [3.8, 4) is 17.4 Å². The molecule has 0 amide bonds. The van der Waals surface area contributed by atoms with Gasteiger partial charge in [0.05, 0.1) is 36.7 Å². The van der Waals surface area contributed by atoms with Gasteiger partial charge in [0.2, 0.25) is 0 Å². The molecule has 4 aromatic rings. The fraction of sp³-hybridized carbons (Fsp3) is 0.192. The molecule has 0 fully saturated rings. The summed E-state index contributed by atoms with van der Waals surface area (Å²) in [6.45, 7) is 0.673. The summed E-state index contributed by atoms with van der Waals surface area (Å²) in [6, 6.07) is 21.6. The lowest BCUT2D eigenvalue weighted by Gasteiger charge is -2.10. The molecule has 0 aliphatic rings. The molecular formula is C26H27N3O3. The quantitative estimate of drug-likeness (QED) is 0.346. The number of H-pyrrole nitrogens is 1. The summed E-state index contributed by atoms with van der Waals surface area (Å²) in [7, 11) is 3.18. The summed E-state index contributed by atoms with van der Waals surface area (Å²) in [5.74, 6) is 1.20. The van der Waals surface area contributed by atoms with Gasteiger partial charge in [0.1, 0.15) is 0 Å². The van der Waals surface area contributed by atoms with E-state index in [0.29, 0.717) is 29.3 Å². The third-order valence-corrected chi connectivity index (χ3v) is 5.41. The van der Waals surface area contributed by atoms with Crippen LogP contribution in [-0.4, -0.2) is 36.6 Å². The van der Waals surface area contributed by atoms with Crippen molar-refractivity contribution in [3.63, 3.8) is 0 Å². The van der Waals surface area contributed by atoms with E-state index in [4.69, 9.17) is 20.2 Å². The van der Waals surface area contributed by atoms with Crippen molar-refractivity contribution in [2.45, 2.75) is 12.8 Å². The van der Waals surface area contributed by atoms with Gasteiger partial charge in [-0.15, -0.1) is 0 Å². The van der Waals surface area contributed by atoms with Crippen LogP contribution in [0.2, 0.25) is 0 Å². The Labute approximate surface area is 187 Å². The second-order valence-electron chi connectivity index (χ2n) is 7.49. The van der Waals surface area contributed by atoms with E-state index >= 15 is 0 Å². The van der Waals surface area contributed by atoms with Crippen LogP contribution < -0.4 is 15.2 Å². The zero-order valence-corrected chi connectivity index (χ0v) is 18.3. The number of methoxy groups -OCH3 is 2. The van der Waals surface area contributed by atoms with Gasteiger partial charge in [-0.2, -0.15) is 0 Å². The molecule has 0 atom stereocenters. The number of fused-ring (bicyclic) bond motifs is 1. The number of nitrogens with zero attached hydrogens (tertiary/aromatic N) is 1. The molecule has 164 valence electrons. The maximum absolute atomic E-state index is 10.9. The van der Waals surface area contributed by atoms with Gasteiger partial charge in [0, 0.05) is 17.0 Å². The van der Waals surface area contributed by atoms with Crippen molar-refractivity contribution >= 4 is 22.3 Å². The Hall–Kier alpha value is -3.77. The Morgan fingerprint density at radius 1 is 0.969 bits per heavy atom. The van der Waals surface area contributed by atoms with E-state index in [1.165, 1.54) is 5.56 Å². The third kappa shape index (κ3) is 4.31. The van der Waals surface area contributed by atoms with Crippen molar-refractivity contribution in [2.75, 3.05) is 20.8 Å². The Balaban J connectivity index is 1.87. The van der Waals surface area contributed by atoms with Crippen LogP contribution >= 0.6 is 0 Å². The summed E-state index contributed by atoms with van der Waals surface area (Å²) >= 11 is 0. The molecule has 3 aromatic carbocycles. The molecule has 4 N–H and O–H groups in total. The molecule has 1 aromatic heterocycles. The van der Waals surface area contributed by atoms with Crippen molar-refractivity contribution in [1.29, 1.82) is 0 Å². The van der Waals surface area contributed by atoms with Crippen molar-refractivity contribution in [2.24, 2.45) is 10.7 Å². The largest absolute Gasteiger partial charge is 0.494 e. The first-order chi connectivity index (χ1) is 15.6. The fourth-order valence-electron chi connectivity index (χ4n) is 3.78. The topological polar surface area (TPSA) is 92.9 Å². The molecular weight excluding hydrogens is 402 g/mol. The Kier molecular flexibility index (Phi) is 6.42. The number of hydrogen-bond acceptors (Lipinski definition) is 5. The van der Waals surface area contributed by atoms with Gasteiger partial charge >= 0.3 is 0 Å². The van der Waals surface area contributed by atoms with E-state index in [-0.39, 0.29) is 5.88 Å². The first kappa shape index (κ1) is 21.5. The minimum absolute atomic E-state index is 0.0393. The predicted octanol–water partition coefficient (Wildman–Crippen LogP) is 4.95. The highest BCUT2D eigenvalue weighted by Gasteiger charge is 2.21. The molecule has 1 heterocycles. The molecule has 0 unspecified atom stereocenters. The number of aromatic nitrogens is 1. The van der Waals surface area contributed by atoms with Crippen LogP contribution in [-0.2, 0) is 6.42 Å². The highest BCUT2D eigenvalue weighted by molar-refractivity contribution is 6.22. The number of rotatable bonds is 8. The van der Waals surface area contributed by atoms with Gasteiger partial charge in [0.15, 0.2) is 17.4 Å². The van der Waals surface area contributed by atoms with Crippen LogP contribution in [0.4, 0.5) is 5.69 Å². The second-order valence-corrected chi connectivity index (χ2v) is 7.49. The van der Waals surface area contributed by atoms with Crippen LogP contribution in [0, 0.1) is 0 Å².